The number of anilines is 2. The van der Waals surface area contributed by atoms with Gasteiger partial charge in [-0.15, -0.1) is 23.1 Å². The van der Waals surface area contributed by atoms with Crippen LogP contribution in [0.5, 0.6) is 0 Å². The van der Waals surface area contributed by atoms with Gasteiger partial charge < -0.3 is 5.32 Å². The Balaban J connectivity index is 1.60. The summed E-state index contributed by atoms with van der Waals surface area (Å²) in [7, 11) is 0. The molecule has 0 amide bonds. The van der Waals surface area contributed by atoms with E-state index in [0.29, 0.717) is 16.0 Å². The van der Waals surface area contributed by atoms with Gasteiger partial charge in [0, 0.05) is 38.9 Å². The molecule has 4 nitrogen and oxygen atoms in total. The molecule has 0 spiro atoms. The van der Waals surface area contributed by atoms with Crippen LogP contribution in [0.4, 0.5) is 10.9 Å². The fourth-order valence-corrected chi connectivity index (χ4v) is 6.58. The number of thioether (sulfide) groups is 1. The molecule has 1 aliphatic rings. The predicted octanol–water partition coefficient (Wildman–Crippen LogP) is 7.03. The molecule has 1 saturated heterocycles. The summed E-state index contributed by atoms with van der Waals surface area (Å²) >= 11 is 18.0. The first-order chi connectivity index (χ1) is 14.6. The first-order valence-electron chi connectivity index (χ1n) is 9.74. The van der Waals surface area contributed by atoms with E-state index in [4.69, 9.17) is 28.4 Å². The summed E-state index contributed by atoms with van der Waals surface area (Å²) in [5, 5.41) is 6.83. The highest BCUT2D eigenvalue weighted by molar-refractivity contribution is 8.00. The lowest BCUT2D eigenvalue weighted by atomic mass is 10.0. The molecule has 2 aromatic heterocycles. The van der Waals surface area contributed by atoms with Gasteiger partial charge in [-0.2, -0.15) is 0 Å². The molecule has 30 heavy (non-hydrogen) atoms. The van der Waals surface area contributed by atoms with E-state index in [1.165, 1.54) is 28.6 Å². The minimum absolute atomic E-state index is 0.669. The number of nitrogens with one attached hydrogen (secondary N) is 1. The number of halogens is 2. The van der Waals surface area contributed by atoms with E-state index in [-0.39, 0.29) is 0 Å². The standard InChI is InChI=1S/C21H22Cl2N4S3/c1-14-12-29-21(26-14)27(23)20-19(30-18-5-3-2-4-17(18)22)10-16(11-25-20)28-13-15-6-8-24-9-7-15/h2-5,10-12,15,24H,6-9,13H2,1H3. The molecule has 0 atom stereocenters. The zero-order valence-corrected chi connectivity index (χ0v) is 20.4. The third kappa shape index (κ3) is 5.64. The second-order valence-corrected chi connectivity index (χ2v) is 10.8. The third-order valence-corrected chi connectivity index (χ3v) is 8.87. The lowest BCUT2D eigenvalue weighted by Crippen LogP contribution is -2.28. The van der Waals surface area contributed by atoms with Gasteiger partial charge >= 0.3 is 0 Å². The minimum Gasteiger partial charge on any atom is -0.317 e. The molecular weight excluding hydrogens is 475 g/mol. The molecule has 0 aliphatic carbocycles. The number of pyridine rings is 1. The first-order valence-corrected chi connectivity index (χ1v) is 13.1. The van der Waals surface area contributed by atoms with Crippen LogP contribution < -0.4 is 9.74 Å². The molecule has 9 heteroatoms. The number of piperidine rings is 1. The molecule has 1 fully saturated rings. The van der Waals surface area contributed by atoms with Gasteiger partial charge in [-0.3, -0.25) is 0 Å². The van der Waals surface area contributed by atoms with Gasteiger partial charge in [-0.25, -0.2) is 14.4 Å². The number of thiazole rings is 1. The maximum Gasteiger partial charge on any atom is 0.206 e. The Morgan fingerprint density at radius 1 is 1.23 bits per heavy atom. The molecule has 0 bridgehead atoms. The van der Waals surface area contributed by atoms with E-state index >= 15 is 0 Å². The van der Waals surface area contributed by atoms with Crippen LogP contribution in [0.15, 0.2) is 56.6 Å². The van der Waals surface area contributed by atoms with Crippen molar-refractivity contribution in [2.24, 2.45) is 5.92 Å². The number of hydrogen-bond acceptors (Lipinski definition) is 7. The van der Waals surface area contributed by atoms with Crippen molar-refractivity contribution in [3.05, 3.63) is 52.6 Å². The normalized spacial score (nSPS) is 14.8. The Morgan fingerprint density at radius 2 is 2.03 bits per heavy atom. The highest BCUT2D eigenvalue weighted by Crippen LogP contribution is 2.42. The maximum absolute atomic E-state index is 6.67. The van der Waals surface area contributed by atoms with Gasteiger partial charge in [0.15, 0.2) is 5.82 Å². The number of benzene rings is 1. The summed E-state index contributed by atoms with van der Waals surface area (Å²) in [5.74, 6) is 2.52. The predicted molar refractivity (Wildman–Crippen MR) is 131 cm³/mol. The zero-order valence-electron chi connectivity index (χ0n) is 16.5. The summed E-state index contributed by atoms with van der Waals surface area (Å²) in [6, 6.07) is 9.99. The molecule has 3 aromatic rings. The Bertz CT molecular complexity index is 992. The zero-order chi connectivity index (χ0) is 20.9. The molecule has 1 N–H and O–H groups in total. The van der Waals surface area contributed by atoms with Gasteiger partial charge in [-0.1, -0.05) is 35.5 Å². The van der Waals surface area contributed by atoms with Crippen LogP contribution in [0.25, 0.3) is 0 Å². The lowest BCUT2D eigenvalue weighted by molar-refractivity contribution is 0.408. The van der Waals surface area contributed by atoms with Crippen molar-refractivity contribution >= 4 is 69.2 Å². The molecule has 1 aliphatic heterocycles. The van der Waals surface area contributed by atoms with E-state index in [2.05, 4.69) is 16.4 Å². The monoisotopic (exact) mass is 496 g/mol. The van der Waals surface area contributed by atoms with Crippen LogP contribution in [0.2, 0.25) is 5.02 Å². The minimum atomic E-state index is 0.669. The molecule has 0 unspecified atom stereocenters. The van der Waals surface area contributed by atoms with Crippen molar-refractivity contribution in [2.75, 3.05) is 23.3 Å². The van der Waals surface area contributed by atoms with E-state index in [1.54, 1.807) is 11.8 Å². The van der Waals surface area contributed by atoms with E-state index in [9.17, 15) is 0 Å². The van der Waals surface area contributed by atoms with Crippen LogP contribution in [0.1, 0.15) is 18.5 Å². The Labute approximate surface area is 199 Å². The quantitative estimate of drug-likeness (QED) is 0.279. The van der Waals surface area contributed by atoms with Crippen LogP contribution >= 0.6 is 58.2 Å². The van der Waals surface area contributed by atoms with Crippen molar-refractivity contribution < 1.29 is 0 Å². The Hall–Kier alpha value is -0.960. The Kier molecular flexibility index (Phi) is 7.84. The highest BCUT2D eigenvalue weighted by Gasteiger charge is 2.19. The summed E-state index contributed by atoms with van der Waals surface area (Å²) in [4.78, 5) is 12.3. The number of aryl methyl sites for hydroxylation is 1. The van der Waals surface area contributed by atoms with Crippen molar-refractivity contribution in [3.8, 4) is 0 Å². The number of hydrogen-bond donors (Lipinski definition) is 1. The molecule has 158 valence electrons. The third-order valence-electron chi connectivity index (χ3n) is 4.77. The number of nitrogens with zero attached hydrogens (tertiary/aromatic N) is 3. The van der Waals surface area contributed by atoms with Crippen molar-refractivity contribution in [1.29, 1.82) is 0 Å². The largest absolute Gasteiger partial charge is 0.317 e. The fourth-order valence-electron chi connectivity index (χ4n) is 3.15. The molecule has 0 radical (unpaired) electrons. The average Bonchev–Trinajstić information content (AvgIpc) is 3.21. The average molecular weight is 498 g/mol. The van der Waals surface area contributed by atoms with Crippen LogP contribution in [0.3, 0.4) is 0 Å². The van der Waals surface area contributed by atoms with Crippen molar-refractivity contribution in [2.45, 2.75) is 34.5 Å². The maximum atomic E-state index is 6.67. The lowest BCUT2D eigenvalue weighted by Gasteiger charge is -2.22. The summed E-state index contributed by atoms with van der Waals surface area (Å²) in [5.41, 5.74) is 0.940. The second kappa shape index (κ2) is 10.6. The van der Waals surface area contributed by atoms with Gasteiger partial charge in [0.25, 0.3) is 0 Å². The highest BCUT2D eigenvalue weighted by atomic mass is 35.5. The van der Waals surface area contributed by atoms with Gasteiger partial charge in [-0.05, 0) is 57.0 Å². The molecular formula is C21H22Cl2N4S3. The SMILES string of the molecule is Cc1csc(N(Cl)c2ncc(SCC3CCNCC3)cc2Sc2ccccc2Cl)n1. The van der Waals surface area contributed by atoms with Gasteiger partial charge in [0.05, 0.1) is 15.6 Å². The van der Waals surface area contributed by atoms with E-state index < -0.39 is 0 Å². The fraction of sp³-hybridized carbons (Fsp3) is 0.333. The summed E-state index contributed by atoms with van der Waals surface area (Å²) in [6.07, 6.45) is 4.38. The molecule has 1 aromatic carbocycles. The van der Waals surface area contributed by atoms with Crippen LogP contribution in [-0.4, -0.2) is 28.8 Å². The van der Waals surface area contributed by atoms with Crippen LogP contribution in [-0.2, 0) is 0 Å². The first kappa shape index (κ1) is 22.2. The van der Waals surface area contributed by atoms with E-state index in [0.717, 1.165) is 45.1 Å². The van der Waals surface area contributed by atoms with E-state index in [1.807, 2.05) is 54.5 Å². The van der Waals surface area contributed by atoms with Crippen LogP contribution in [0, 0.1) is 12.8 Å². The van der Waals surface area contributed by atoms with Gasteiger partial charge in [0.2, 0.25) is 5.13 Å². The number of aromatic nitrogens is 2. The smallest absolute Gasteiger partial charge is 0.206 e. The second-order valence-electron chi connectivity index (χ2n) is 7.08. The van der Waals surface area contributed by atoms with Gasteiger partial charge in [0.1, 0.15) is 0 Å². The topological polar surface area (TPSA) is 41.1 Å². The summed E-state index contributed by atoms with van der Waals surface area (Å²) in [6.45, 7) is 4.19. The Morgan fingerprint density at radius 3 is 2.77 bits per heavy atom. The van der Waals surface area contributed by atoms with Crippen molar-refractivity contribution in [1.82, 2.24) is 15.3 Å². The molecule has 3 heterocycles. The number of rotatable bonds is 7. The molecule has 4 rings (SSSR count). The van der Waals surface area contributed by atoms with Crippen molar-refractivity contribution in [3.63, 3.8) is 0 Å². The summed E-state index contributed by atoms with van der Waals surface area (Å²) < 4.78 is 1.54. The molecule has 0 saturated carbocycles.